The van der Waals surface area contributed by atoms with Crippen molar-refractivity contribution in [2.45, 2.75) is 59.8 Å². The number of rotatable bonds is 8. The molecule has 1 saturated carbocycles. The van der Waals surface area contributed by atoms with Crippen molar-refractivity contribution in [3.05, 3.63) is 17.6 Å². The highest BCUT2D eigenvalue weighted by Crippen LogP contribution is 2.63. The number of likely N-dealkylation sites (tertiary alicyclic amines) is 1. The topological polar surface area (TPSA) is 88.3 Å². The van der Waals surface area contributed by atoms with Crippen LogP contribution in [0.1, 0.15) is 64.4 Å². The van der Waals surface area contributed by atoms with Crippen molar-refractivity contribution in [3.63, 3.8) is 0 Å². The largest absolute Gasteiger partial charge is 0.478 e. The van der Waals surface area contributed by atoms with Gasteiger partial charge in [-0.25, -0.2) is 9.78 Å². The third-order valence-corrected chi connectivity index (χ3v) is 6.69. The van der Waals surface area contributed by atoms with Crippen LogP contribution in [0.3, 0.4) is 0 Å². The molecule has 1 aliphatic carbocycles. The Morgan fingerprint density at radius 3 is 2.73 bits per heavy atom. The number of aromatic nitrogens is 2. The van der Waals surface area contributed by atoms with Gasteiger partial charge in [0.2, 0.25) is 5.88 Å². The summed E-state index contributed by atoms with van der Waals surface area (Å²) in [6, 6.07) is 3.64. The monoisotopic (exact) mass is 414 g/mol. The Kier molecular flexibility index (Phi) is 7.17. The lowest BCUT2D eigenvalue weighted by Gasteiger charge is -2.36. The molecule has 3 rings (SSSR count). The Morgan fingerprint density at radius 1 is 1.37 bits per heavy atom. The number of ether oxygens (including phenoxy) is 2. The van der Waals surface area contributed by atoms with E-state index in [1.54, 1.807) is 13.0 Å². The molecule has 0 N–H and O–H groups in total. The highest BCUT2D eigenvalue weighted by atomic mass is 16.6. The molecule has 1 aromatic heterocycles. The van der Waals surface area contributed by atoms with Gasteiger partial charge in [0.1, 0.15) is 17.6 Å². The van der Waals surface area contributed by atoms with Crippen molar-refractivity contribution in [3.8, 4) is 11.9 Å². The summed E-state index contributed by atoms with van der Waals surface area (Å²) in [6.07, 6.45) is 5.35. The maximum Gasteiger partial charge on any atom is 0.409 e. The van der Waals surface area contributed by atoms with Gasteiger partial charge < -0.3 is 14.4 Å². The van der Waals surface area contributed by atoms with Gasteiger partial charge in [0.15, 0.2) is 0 Å². The van der Waals surface area contributed by atoms with Gasteiger partial charge in [-0.2, -0.15) is 10.2 Å². The second-order valence-corrected chi connectivity index (χ2v) is 9.11. The fraction of sp³-hybridized carbons (Fsp3) is 0.739. The molecule has 0 bridgehead atoms. The lowest BCUT2D eigenvalue weighted by Crippen LogP contribution is -2.41. The maximum atomic E-state index is 12.2. The molecule has 1 aliphatic heterocycles. The van der Waals surface area contributed by atoms with Crippen molar-refractivity contribution in [1.82, 2.24) is 14.9 Å². The zero-order valence-corrected chi connectivity index (χ0v) is 18.7. The molecule has 0 radical (unpaired) electrons. The van der Waals surface area contributed by atoms with Crippen molar-refractivity contribution in [2.24, 2.45) is 23.2 Å². The van der Waals surface area contributed by atoms with E-state index in [1.165, 1.54) is 12.8 Å². The van der Waals surface area contributed by atoms with Crippen LogP contribution in [0.15, 0.2) is 6.07 Å². The molecule has 1 aromatic rings. The summed E-state index contributed by atoms with van der Waals surface area (Å²) in [5.41, 5.74) is 0.724. The quantitative estimate of drug-likeness (QED) is 0.628. The predicted molar refractivity (Wildman–Crippen MR) is 113 cm³/mol. The zero-order valence-electron chi connectivity index (χ0n) is 18.7. The smallest absolute Gasteiger partial charge is 0.409 e. The van der Waals surface area contributed by atoms with Crippen molar-refractivity contribution in [1.29, 1.82) is 5.26 Å². The van der Waals surface area contributed by atoms with Gasteiger partial charge in [-0.05, 0) is 62.2 Å². The molecule has 2 heterocycles. The molecule has 164 valence electrons. The maximum absolute atomic E-state index is 12.2. The summed E-state index contributed by atoms with van der Waals surface area (Å²) in [4.78, 5) is 22.4. The second-order valence-electron chi connectivity index (χ2n) is 9.11. The van der Waals surface area contributed by atoms with Gasteiger partial charge in [0, 0.05) is 19.2 Å². The fourth-order valence-electron chi connectivity index (χ4n) is 4.95. The molecule has 1 amide bonds. The van der Waals surface area contributed by atoms with E-state index in [2.05, 4.69) is 30.7 Å². The molecule has 2 aliphatic rings. The first kappa shape index (κ1) is 22.3. The first-order valence-electron chi connectivity index (χ1n) is 11.2. The Bertz CT molecular complexity index is 783. The molecular weight excluding hydrogens is 380 g/mol. The highest BCUT2D eigenvalue weighted by Gasteiger charge is 2.56. The van der Waals surface area contributed by atoms with E-state index in [0.717, 1.165) is 32.4 Å². The van der Waals surface area contributed by atoms with Crippen LogP contribution in [0.5, 0.6) is 5.88 Å². The van der Waals surface area contributed by atoms with E-state index in [4.69, 9.17) is 14.7 Å². The Labute approximate surface area is 179 Å². The summed E-state index contributed by atoms with van der Waals surface area (Å²) in [5.74, 6) is 2.72. The summed E-state index contributed by atoms with van der Waals surface area (Å²) >= 11 is 0. The molecule has 7 nitrogen and oxygen atoms in total. The summed E-state index contributed by atoms with van der Waals surface area (Å²) in [5, 5.41) is 9.03. The lowest BCUT2D eigenvalue weighted by atomic mass is 9.78. The molecule has 1 saturated heterocycles. The van der Waals surface area contributed by atoms with Crippen molar-refractivity contribution < 1.29 is 14.3 Å². The van der Waals surface area contributed by atoms with Gasteiger partial charge in [-0.3, -0.25) is 0 Å². The minimum atomic E-state index is -0.162. The number of amides is 1. The number of hydrogen-bond acceptors (Lipinski definition) is 6. The minimum absolute atomic E-state index is 0.162. The molecule has 0 spiro atoms. The van der Waals surface area contributed by atoms with Crippen LogP contribution in [-0.4, -0.2) is 47.3 Å². The first-order valence-corrected chi connectivity index (χ1v) is 11.2. The molecule has 30 heavy (non-hydrogen) atoms. The number of nitriles is 1. The van der Waals surface area contributed by atoms with E-state index in [0.29, 0.717) is 53.8 Å². The van der Waals surface area contributed by atoms with E-state index >= 15 is 0 Å². The zero-order chi connectivity index (χ0) is 21.7. The fourth-order valence-corrected chi connectivity index (χ4v) is 4.95. The Hall–Kier alpha value is -2.36. The molecular formula is C23H34N4O3. The van der Waals surface area contributed by atoms with Gasteiger partial charge in [0.05, 0.1) is 13.2 Å². The SMILES string of the molecule is CCC1(C2CCN(C(=O)OCC(C)C)CC2)CC1CCOc1cc(C#N)nc(C)n1. The summed E-state index contributed by atoms with van der Waals surface area (Å²) in [6.45, 7) is 10.8. The second kappa shape index (κ2) is 9.63. The Morgan fingerprint density at radius 2 is 2.10 bits per heavy atom. The van der Waals surface area contributed by atoms with Crippen molar-refractivity contribution in [2.75, 3.05) is 26.3 Å². The Balaban J connectivity index is 1.45. The van der Waals surface area contributed by atoms with Crippen LogP contribution in [0, 0.1) is 41.4 Å². The molecule has 2 fully saturated rings. The van der Waals surface area contributed by atoms with E-state index < -0.39 is 0 Å². The van der Waals surface area contributed by atoms with Crippen LogP contribution >= 0.6 is 0 Å². The molecule has 2 atom stereocenters. The third kappa shape index (κ3) is 5.21. The van der Waals surface area contributed by atoms with Gasteiger partial charge >= 0.3 is 6.09 Å². The molecule has 2 unspecified atom stereocenters. The number of aryl methyl sites for hydroxylation is 1. The molecule has 7 heteroatoms. The van der Waals surface area contributed by atoms with Gasteiger partial charge in [-0.15, -0.1) is 0 Å². The highest BCUT2D eigenvalue weighted by molar-refractivity contribution is 5.67. The van der Waals surface area contributed by atoms with Gasteiger partial charge in [-0.1, -0.05) is 20.8 Å². The van der Waals surface area contributed by atoms with Crippen molar-refractivity contribution >= 4 is 6.09 Å². The average molecular weight is 415 g/mol. The number of piperidine rings is 1. The molecule has 0 aromatic carbocycles. The van der Waals surface area contributed by atoms with Crippen LogP contribution in [0.4, 0.5) is 4.79 Å². The van der Waals surface area contributed by atoms with Crippen LogP contribution in [-0.2, 0) is 4.74 Å². The standard InChI is InChI=1S/C23H34N4O3/c1-5-23(18-6-9-27(10-7-18)22(28)30-15-16(2)3)13-19(23)8-11-29-21-12-20(14-24)25-17(4)26-21/h12,16,18-19H,5-11,13,15H2,1-4H3. The third-order valence-electron chi connectivity index (χ3n) is 6.69. The van der Waals surface area contributed by atoms with E-state index in [-0.39, 0.29) is 6.09 Å². The van der Waals surface area contributed by atoms with Gasteiger partial charge in [0.25, 0.3) is 0 Å². The van der Waals surface area contributed by atoms with Crippen LogP contribution < -0.4 is 4.74 Å². The average Bonchev–Trinajstić information content (AvgIpc) is 3.46. The predicted octanol–water partition coefficient (Wildman–Crippen LogP) is 4.35. The summed E-state index contributed by atoms with van der Waals surface area (Å²) in [7, 11) is 0. The van der Waals surface area contributed by atoms with Crippen LogP contribution in [0.2, 0.25) is 0 Å². The number of hydrogen-bond donors (Lipinski definition) is 0. The van der Waals surface area contributed by atoms with E-state index in [1.807, 2.05) is 11.0 Å². The number of nitrogens with zero attached hydrogens (tertiary/aromatic N) is 4. The van der Waals surface area contributed by atoms with E-state index in [9.17, 15) is 4.79 Å². The number of carbonyl (C=O) groups is 1. The first-order chi connectivity index (χ1) is 14.4. The summed E-state index contributed by atoms with van der Waals surface area (Å²) < 4.78 is 11.2. The van der Waals surface area contributed by atoms with Crippen LogP contribution in [0.25, 0.3) is 0 Å². The normalized spacial score (nSPS) is 23.9. The lowest BCUT2D eigenvalue weighted by molar-refractivity contribution is 0.0675. The minimum Gasteiger partial charge on any atom is -0.478 e. The number of carbonyl (C=O) groups excluding carboxylic acids is 1.